The molecule has 4 heteroatoms. The molecular weight excluding hydrogens is 302 g/mol. The van der Waals surface area contributed by atoms with Gasteiger partial charge in [0.2, 0.25) is 0 Å². The van der Waals surface area contributed by atoms with Gasteiger partial charge in [0.15, 0.2) is 0 Å². The monoisotopic (exact) mass is 326 g/mol. The van der Waals surface area contributed by atoms with Crippen molar-refractivity contribution in [2.75, 3.05) is 6.61 Å². The van der Waals surface area contributed by atoms with Crippen molar-refractivity contribution in [3.8, 4) is 5.75 Å². The maximum absolute atomic E-state index is 11.7. The van der Waals surface area contributed by atoms with E-state index in [1.165, 1.54) is 4.90 Å². The Morgan fingerprint density at radius 2 is 1.67 bits per heavy atom. The molecule has 0 aliphatic rings. The summed E-state index contributed by atoms with van der Waals surface area (Å²) in [5.41, 5.74) is 1.42. The Labute approximate surface area is 143 Å². The highest BCUT2D eigenvalue weighted by Gasteiger charge is 2.27. The van der Waals surface area contributed by atoms with Gasteiger partial charge in [-0.05, 0) is 50.5 Å². The molecule has 2 aromatic rings. The fraction of sp³-hybridized carbons (Fsp3) is 0.350. The first-order chi connectivity index (χ1) is 11.4. The van der Waals surface area contributed by atoms with Crippen LogP contribution in [0.25, 0.3) is 0 Å². The van der Waals surface area contributed by atoms with E-state index in [0.717, 1.165) is 16.9 Å². The second-order valence-electron chi connectivity index (χ2n) is 6.40. The van der Waals surface area contributed by atoms with Gasteiger partial charge in [0.05, 0.1) is 6.61 Å². The van der Waals surface area contributed by atoms with E-state index in [9.17, 15) is 9.90 Å². The summed E-state index contributed by atoms with van der Waals surface area (Å²) in [4.78, 5) is 13.1. The molecule has 0 spiro atoms. The van der Waals surface area contributed by atoms with E-state index in [0.29, 0.717) is 19.6 Å². The number of hydrogen-bond acceptors (Lipinski definition) is 3. The molecule has 0 aliphatic carbocycles. The zero-order chi connectivity index (χ0) is 17.6. The second kappa shape index (κ2) is 7.86. The van der Waals surface area contributed by atoms with E-state index in [1.807, 2.05) is 75.4 Å². The average Bonchev–Trinajstić information content (AvgIpc) is 2.55. The van der Waals surface area contributed by atoms with Crippen LogP contribution in [0.5, 0.6) is 5.75 Å². The Hall–Kier alpha value is -2.49. The molecule has 0 N–H and O–H groups in total. The first-order valence-electron chi connectivity index (χ1n) is 8.16. The number of amides is 1. The average molecular weight is 326 g/mol. The van der Waals surface area contributed by atoms with Crippen LogP contribution < -0.4 is 9.84 Å². The Balaban J connectivity index is 2.13. The number of carbonyl (C=O) groups is 1. The quantitative estimate of drug-likeness (QED) is 0.785. The van der Waals surface area contributed by atoms with E-state index in [4.69, 9.17) is 4.74 Å². The maximum Gasteiger partial charge on any atom is 0.137 e. The second-order valence-corrected chi connectivity index (χ2v) is 6.40. The van der Waals surface area contributed by atoms with Gasteiger partial charge in [0.25, 0.3) is 0 Å². The molecule has 0 saturated carbocycles. The highest BCUT2D eigenvalue weighted by molar-refractivity contribution is 5.64. The molecule has 0 aliphatic heterocycles. The molecule has 2 aromatic carbocycles. The number of hydrogen-bond donors (Lipinski definition) is 0. The summed E-state index contributed by atoms with van der Waals surface area (Å²) >= 11 is 0. The number of rotatable bonds is 7. The van der Waals surface area contributed by atoms with E-state index in [-0.39, 0.29) is 0 Å². The molecule has 2 rings (SSSR count). The van der Waals surface area contributed by atoms with Crippen molar-refractivity contribution in [3.63, 3.8) is 0 Å². The van der Waals surface area contributed by atoms with Crippen LogP contribution in [-0.4, -0.2) is 23.1 Å². The summed E-state index contributed by atoms with van der Waals surface area (Å²) in [6.07, 6.45) is -0.560. The van der Waals surface area contributed by atoms with Crippen molar-refractivity contribution >= 4 is 6.09 Å². The molecule has 0 radical (unpaired) electrons. The van der Waals surface area contributed by atoms with Gasteiger partial charge < -0.3 is 19.5 Å². The fourth-order valence-corrected chi connectivity index (χ4v) is 2.76. The van der Waals surface area contributed by atoms with Crippen molar-refractivity contribution in [2.45, 2.75) is 39.3 Å². The third kappa shape index (κ3) is 4.75. The lowest BCUT2D eigenvalue weighted by Crippen LogP contribution is -2.53. The van der Waals surface area contributed by atoms with Crippen LogP contribution >= 0.6 is 0 Å². The van der Waals surface area contributed by atoms with Gasteiger partial charge in [-0.15, -0.1) is 0 Å². The van der Waals surface area contributed by atoms with Crippen molar-refractivity contribution < 1.29 is 14.6 Å². The molecule has 0 unspecified atom stereocenters. The zero-order valence-corrected chi connectivity index (χ0v) is 14.5. The van der Waals surface area contributed by atoms with Crippen LogP contribution in [0.2, 0.25) is 0 Å². The Morgan fingerprint density at radius 1 is 1.04 bits per heavy atom. The molecule has 0 bridgehead atoms. The first kappa shape index (κ1) is 17.9. The van der Waals surface area contributed by atoms with Crippen molar-refractivity contribution in [3.05, 3.63) is 65.7 Å². The SMILES string of the molecule is CCOc1ccc(CC(C)(C)N(Cc2ccccc2)C(=O)[O-])cc1. The summed E-state index contributed by atoms with van der Waals surface area (Å²) in [6, 6.07) is 17.3. The van der Waals surface area contributed by atoms with Crippen molar-refractivity contribution in [1.82, 2.24) is 4.90 Å². The lowest BCUT2D eigenvalue weighted by Gasteiger charge is -2.41. The van der Waals surface area contributed by atoms with Gasteiger partial charge in [-0.3, -0.25) is 0 Å². The minimum atomic E-state index is -1.16. The lowest BCUT2D eigenvalue weighted by molar-refractivity contribution is -0.272. The molecule has 1 amide bonds. The van der Waals surface area contributed by atoms with Crippen LogP contribution in [0, 0.1) is 0 Å². The summed E-state index contributed by atoms with van der Waals surface area (Å²) < 4.78 is 5.44. The first-order valence-corrected chi connectivity index (χ1v) is 8.16. The topological polar surface area (TPSA) is 52.6 Å². The molecular formula is C20H24NO3-. The maximum atomic E-state index is 11.7. The van der Waals surface area contributed by atoms with E-state index < -0.39 is 11.6 Å². The highest BCUT2D eigenvalue weighted by Crippen LogP contribution is 2.24. The smallest absolute Gasteiger partial charge is 0.137 e. The number of carboxylic acid groups (broad SMARTS) is 1. The predicted octanol–water partition coefficient (Wildman–Crippen LogP) is 3.25. The van der Waals surface area contributed by atoms with E-state index in [1.54, 1.807) is 0 Å². The lowest BCUT2D eigenvalue weighted by atomic mass is 9.92. The standard InChI is InChI=1S/C20H25NO3/c1-4-24-18-12-10-16(11-13-18)14-20(2,3)21(19(22)23)15-17-8-6-5-7-9-17/h5-13H,4,14-15H2,1-3H3,(H,22,23)/p-1. The van der Waals surface area contributed by atoms with Crippen LogP contribution in [0.15, 0.2) is 54.6 Å². The molecule has 4 nitrogen and oxygen atoms in total. The Morgan fingerprint density at radius 3 is 2.21 bits per heavy atom. The van der Waals surface area contributed by atoms with Gasteiger partial charge in [-0.2, -0.15) is 0 Å². The largest absolute Gasteiger partial charge is 0.530 e. The molecule has 128 valence electrons. The summed E-state index contributed by atoms with van der Waals surface area (Å²) in [6.45, 7) is 6.72. The van der Waals surface area contributed by atoms with Crippen molar-refractivity contribution in [2.24, 2.45) is 0 Å². The van der Waals surface area contributed by atoms with Gasteiger partial charge in [0, 0.05) is 12.1 Å². The summed E-state index contributed by atoms with van der Waals surface area (Å²) in [5.74, 6) is 0.820. The molecule has 0 aromatic heterocycles. The van der Waals surface area contributed by atoms with Gasteiger partial charge in [-0.1, -0.05) is 42.5 Å². The predicted molar refractivity (Wildman–Crippen MR) is 92.8 cm³/mol. The number of benzene rings is 2. The minimum Gasteiger partial charge on any atom is -0.530 e. The number of ether oxygens (including phenoxy) is 1. The van der Waals surface area contributed by atoms with Crippen LogP contribution in [0.1, 0.15) is 31.9 Å². The molecule has 0 atom stereocenters. The third-order valence-corrected chi connectivity index (χ3v) is 4.01. The van der Waals surface area contributed by atoms with E-state index in [2.05, 4.69) is 0 Å². The van der Waals surface area contributed by atoms with Crippen LogP contribution in [0.3, 0.4) is 0 Å². The molecule has 0 saturated heterocycles. The highest BCUT2D eigenvalue weighted by atomic mass is 16.5. The molecule has 0 fully saturated rings. The van der Waals surface area contributed by atoms with Gasteiger partial charge in [-0.25, -0.2) is 0 Å². The van der Waals surface area contributed by atoms with Crippen LogP contribution in [-0.2, 0) is 13.0 Å². The number of nitrogens with zero attached hydrogens (tertiary/aromatic N) is 1. The molecule has 24 heavy (non-hydrogen) atoms. The van der Waals surface area contributed by atoms with Gasteiger partial charge in [0.1, 0.15) is 11.8 Å². The summed E-state index contributed by atoms with van der Waals surface area (Å²) in [7, 11) is 0. The normalized spacial score (nSPS) is 11.1. The Bertz CT molecular complexity index is 650. The minimum absolute atomic E-state index is 0.313. The molecule has 0 heterocycles. The fourth-order valence-electron chi connectivity index (χ4n) is 2.76. The van der Waals surface area contributed by atoms with Crippen molar-refractivity contribution in [1.29, 1.82) is 0 Å². The number of carbonyl (C=O) groups excluding carboxylic acids is 1. The zero-order valence-electron chi connectivity index (χ0n) is 14.5. The van der Waals surface area contributed by atoms with E-state index >= 15 is 0 Å². The summed E-state index contributed by atoms with van der Waals surface area (Å²) in [5, 5.41) is 11.7. The Kier molecular flexibility index (Phi) is 5.85. The third-order valence-electron chi connectivity index (χ3n) is 4.01. The van der Waals surface area contributed by atoms with Gasteiger partial charge >= 0.3 is 0 Å². The van der Waals surface area contributed by atoms with Crippen LogP contribution in [0.4, 0.5) is 4.79 Å².